The Morgan fingerprint density at radius 2 is 2.07 bits per heavy atom. The van der Waals surface area contributed by atoms with Crippen LogP contribution in [0.3, 0.4) is 0 Å². The molecule has 0 radical (unpaired) electrons. The molecule has 0 nitrogen and oxygen atoms in total. The molecule has 0 heterocycles. The van der Waals surface area contributed by atoms with Crippen molar-refractivity contribution in [3.8, 4) is 0 Å². The van der Waals surface area contributed by atoms with E-state index in [1.165, 1.54) is 0 Å². The summed E-state index contributed by atoms with van der Waals surface area (Å²) < 4.78 is 0. The summed E-state index contributed by atoms with van der Waals surface area (Å²) in [6, 6.07) is 5.66. The molecular weight excluding hydrogens is 224 g/mol. The first-order valence-corrected chi connectivity index (χ1v) is 5.53. The first kappa shape index (κ1) is 12.4. The largest absolute Gasteiger partial charge is 0.143 e. The van der Waals surface area contributed by atoms with Gasteiger partial charge in [0.1, 0.15) is 0 Å². The van der Waals surface area contributed by atoms with Gasteiger partial charge >= 0.3 is 0 Å². The first-order valence-electron chi connectivity index (χ1n) is 4.70. The van der Waals surface area contributed by atoms with Gasteiger partial charge in [-0.1, -0.05) is 44.7 Å². The van der Waals surface area contributed by atoms with E-state index in [0.29, 0.717) is 5.02 Å². The Bertz CT molecular complexity index is 405. The second kappa shape index (κ2) is 4.46. The van der Waals surface area contributed by atoms with Gasteiger partial charge in [-0.3, -0.25) is 0 Å². The van der Waals surface area contributed by atoms with Crippen LogP contribution in [0.25, 0.3) is 0 Å². The van der Waals surface area contributed by atoms with Crippen LogP contribution in [0.4, 0.5) is 0 Å². The molecule has 0 spiro atoms. The number of hydrogen-bond acceptors (Lipinski definition) is 1. The maximum absolute atomic E-state index is 5.98. The van der Waals surface area contributed by atoms with Crippen LogP contribution in [0.1, 0.15) is 19.4 Å². The van der Waals surface area contributed by atoms with Crippen molar-refractivity contribution in [2.24, 2.45) is 0 Å². The standard InChI is InChI=1S/C13H15ClS/c1-5-9(2)13(3,4)11-8-10(14)6-7-12(11)15/h5-8,15H,1-2H2,3-4H3. The van der Waals surface area contributed by atoms with Crippen molar-refractivity contribution in [3.05, 3.63) is 53.6 Å². The topological polar surface area (TPSA) is 0 Å². The van der Waals surface area contributed by atoms with Crippen molar-refractivity contribution in [2.75, 3.05) is 0 Å². The third-order valence-electron chi connectivity index (χ3n) is 2.68. The van der Waals surface area contributed by atoms with Gasteiger partial charge in [0, 0.05) is 15.3 Å². The minimum absolute atomic E-state index is 0.191. The molecule has 0 saturated carbocycles. The number of thiol groups is 1. The molecule has 15 heavy (non-hydrogen) atoms. The van der Waals surface area contributed by atoms with Crippen molar-refractivity contribution in [2.45, 2.75) is 24.2 Å². The van der Waals surface area contributed by atoms with Crippen LogP contribution in [-0.2, 0) is 5.41 Å². The second-order valence-electron chi connectivity index (χ2n) is 4.02. The van der Waals surface area contributed by atoms with Gasteiger partial charge in [-0.25, -0.2) is 0 Å². The van der Waals surface area contributed by atoms with Crippen LogP contribution < -0.4 is 0 Å². The smallest absolute Gasteiger partial charge is 0.0409 e. The quantitative estimate of drug-likeness (QED) is 0.575. The van der Waals surface area contributed by atoms with Crippen molar-refractivity contribution in [1.29, 1.82) is 0 Å². The fourth-order valence-electron chi connectivity index (χ4n) is 1.44. The van der Waals surface area contributed by atoms with Crippen molar-refractivity contribution >= 4 is 24.2 Å². The molecule has 0 unspecified atom stereocenters. The lowest BCUT2D eigenvalue weighted by molar-refractivity contribution is 0.628. The van der Waals surface area contributed by atoms with E-state index in [2.05, 4.69) is 39.6 Å². The van der Waals surface area contributed by atoms with Crippen LogP contribution in [0.15, 0.2) is 47.9 Å². The van der Waals surface area contributed by atoms with Gasteiger partial charge in [0.05, 0.1) is 0 Å². The fraction of sp³-hybridized carbons (Fsp3) is 0.231. The van der Waals surface area contributed by atoms with Crippen molar-refractivity contribution < 1.29 is 0 Å². The lowest BCUT2D eigenvalue weighted by Crippen LogP contribution is -2.19. The van der Waals surface area contributed by atoms with E-state index in [-0.39, 0.29) is 5.41 Å². The van der Waals surface area contributed by atoms with Gasteiger partial charge in [0.15, 0.2) is 0 Å². The third-order valence-corrected chi connectivity index (χ3v) is 3.31. The molecule has 2 heteroatoms. The Kier molecular flexibility index (Phi) is 3.69. The van der Waals surface area contributed by atoms with E-state index in [4.69, 9.17) is 11.6 Å². The average Bonchev–Trinajstić information content (AvgIpc) is 2.20. The van der Waals surface area contributed by atoms with Crippen LogP contribution in [0.5, 0.6) is 0 Å². The van der Waals surface area contributed by atoms with Crippen molar-refractivity contribution in [3.63, 3.8) is 0 Å². The third kappa shape index (κ3) is 2.47. The molecule has 0 bridgehead atoms. The van der Waals surface area contributed by atoms with Crippen LogP contribution >= 0.6 is 24.2 Å². The predicted octanol–water partition coefficient (Wildman–Crippen LogP) is 4.65. The van der Waals surface area contributed by atoms with E-state index in [1.54, 1.807) is 6.08 Å². The molecule has 0 amide bonds. The summed E-state index contributed by atoms with van der Waals surface area (Å²) in [4.78, 5) is 0.924. The minimum Gasteiger partial charge on any atom is -0.143 e. The molecular formula is C13H15ClS. The van der Waals surface area contributed by atoms with Crippen LogP contribution in [0, 0.1) is 0 Å². The molecule has 0 aromatic heterocycles. The van der Waals surface area contributed by atoms with E-state index < -0.39 is 0 Å². The predicted molar refractivity (Wildman–Crippen MR) is 71.1 cm³/mol. The van der Waals surface area contributed by atoms with Crippen LogP contribution in [0.2, 0.25) is 5.02 Å². The summed E-state index contributed by atoms with van der Waals surface area (Å²) in [6.07, 6.45) is 1.77. The highest BCUT2D eigenvalue weighted by Crippen LogP contribution is 2.36. The van der Waals surface area contributed by atoms with Gasteiger partial charge in [-0.2, -0.15) is 0 Å². The highest BCUT2D eigenvalue weighted by atomic mass is 35.5. The summed E-state index contributed by atoms with van der Waals surface area (Å²) in [5.41, 5.74) is 1.84. The zero-order chi connectivity index (χ0) is 11.6. The number of allylic oxidation sites excluding steroid dienone is 2. The highest BCUT2D eigenvalue weighted by molar-refractivity contribution is 7.80. The van der Waals surface area contributed by atoms with Gasteiger partial charge < -0.3 is 0 Å². The molecule has 0 saturated heterocycles. The molecule has 0 aliphatic carbocycles. The molecule has 0 aliphatic heterocycles. The molecule has 1 aromatic rings. The number of rotatable bonds is 3. The monoisotopic (exact) mass is 238 g/mol. The average molecular weight is 239 g/mol. The number of benzene rings is 1. The molecule has 0 fully saturated rings. The maximum Gasteiger partial charge on any atom is 0.0409 e. The van der Waals surface area contributed by atoms with E-state index in [1.807, 2.05) is 18.2 Å². The Balaban J connectivity index is 3.31. The lowest BCUT2D eigenvalue weighted by atomic mass is 9.78. The Morgan fingerprint density at radius 1 is 1.47 bits per heavy atom. The summed E-state index contributed by atoms with van der Waals surface area (Å²) in [7, 11) is 0. The SMILES string of the molecule is C=CC(=C)C(C)(C)c1cc(Cl)ccc1S. The molecule has 0 N–H and O–H groups in total. The molecule has 1 rings (SSSR count). The Hall–Kier alpha value is -0.660. The zero-order valence-electron chi connectivity index (χ0n) is 9.05. The number of hydrogen-bond donors (Lipinski definition) is 1. The molecule has 1 aromatic carbocycles. The number of halogens is 1. The van der Waals surface area contributed by atoms with Crippen molar-refractivity contribution in [1.82, 2.24) is 0 Å². The highest BCUT2D eigenvalue weighted by Gasteiger charge is 2.24. The van der Waals surface area contributed by atoms with Gasteiger partial charge in [-0.15, -0.1) is 12.6 Å². The van der Waals surface area contributed by atoms with Gasteiger partial charge in [-0.05, 0) is 29.3 Å². The van der Waals surface area contributed by atoms with Crippen LogP contribution in [-0.4, -0.2) is 0 Å². The molecule has 0 atom stereocenters. The lowest BCUT2D eigenvalue weighted by Gasteiger charge is -2.27. The summed E-state index contributed by atoms with van der Waals surface area (Å²) in [5, 5.41) is 0.715. The summed E-state index contributed by atoms with van der Waals surface area (Å²) >= 11 is 10.4. The van der Waals surface area contributed by atoms with E-state index in [9.17, 15) is 0 Å². The minimum atomic E-state index is -0.191. The summed E-state index contributed by atoms with van der Waals surface area (Å²) in [6.45, 7) is 11.9. The fourth-order valence-corrected chi connectivity index (χ4v) is 2.03. The molecule has 0 aliphatic rings. The van der Waals surface area contributed by atoms with E-state index >= 15 is 0 Å². The normalized spacial score (nSPS) is 11.2. The Morgan fingerprint density at radius 3 is 2.60 bits per heavy atom. The maximum atomic E-state index is 5.98. The first-order chi connectivity index (χ1) is 6.89. The zero-order valence-corrected chi connectivity index (χ0v) is 10.7. The Labute approximate surface area is 102 Å². The van der Waals surface area contributed by atoms with E-state index in [0.717, 1.165) is 16.0 Å². The summed E-state index contributed by atoms with van der Waals surface area (Å²) in [5.74, 6) is 0. The molecule has 80 valence electrons. The second-order valence-corrected chi connectivity index (χ2v) is 4.93. The van der Waals surface area contributed by atoms with Gasteiger partial charge in [0.2, 0.25) is 0 Å². The van der Waals surface area contributed by atoms with Gasteiger partial charge in [0.25, 0.3) is 0 Å².